The highest BCUT2D eigenvalue weighted by atomic mass is 35.5. The van der Waals surface area contributed by atoms with E-state index in [0.29, 0.717) is 79.8 Å². The van der Waals surface area contributed by atoms with Gasteiger partial charge in [0.25, 0.3) is 5.56 Å². The van der Waals surface area contributed by atoms with Crippen LogP contribution in [0.25, 0.3) is 39.2 Å². The van der Waals surface area contributed by atoms with E-state index in [1.807, 2.05) is 42.5 Å². The van der Waals surface area contributed by atoms with Gasteiger partial charge >= 0.3 is 6.09 Å². The Bertz CT molecular complexity index is 2120. The number of benzene rings is 2. The van der Waals surface area contributed by atoms with Crippen LogP contribution in [0.3, 0.4) is 0 Å². The zero-order valence-electron chi connectivity index (χ0n) is 24.9. The molecule has 0 aliphatic carbocycles. The van der Waals surface area contributed by atoms with E-state index in [0.717, 1.165) is 0 Å². The molecule has 238 valence electrons. The van der Waals surface area contributed by atoms with E-state index < -0.39 is 17.8 Å². The van der Waals surface area contributed by atoms with Crippen molar-refractivity contribution in [2.45, 2.75) is 31.4 Å². The number of primary amides is 1. The van der Waals surface area contributed by atoms with Gasteiger partial charge in [-0.05, 0) is 30.2 Å². The molecule has 1 aliphatic heterocycles. The van der Waals surface area contributed by atoms with Crippen LogP contribution in [0, 0.1) is 0 Å². The largest absolute Gasteiger partial charge is 0.481 e. The third-order valence-corrected chi connectivity index (χ3v) is 8.85. The number of carbonyl (C=O) groups is 3. The van der Waals surface area contributed by atoms with Crippen molar-refractivity contribution in [2.75, 3.05) is 7.11 Å². The lowest BCUT2D eigenvalue weighted by Gasteiger charge is -2.23. The van der Waals surface area contributed by atoms with E-state index in [4.69, 9.17) is 43.4 Å². The first-order valence-corrected chi connectivity index (χ1v) is 15.3. The van der Waals surface area contributed by atoms with E-state index in [-0.39, 0.29) is 23.9 Å². The van der Waals surface area contributed by atoms with Crippen LogP contribution in [-0.4, -0.2) is 51.9 Å². The summed E-state index contributed by atoms with van der Waals surface area (Å²) in [6.07, 6.45) is 2.71. The summed E-state index contributed by atoms with van der Waals surface area (Å²) in [4.78, 5) is 56.1. The third-order valence-electron chi connectivity index (χ3n) is 8.04. The number of fused-ring (bicyclic) bond motifs is 1. The fraction of sp³-hybridized carbons (Fsp3) is 0.176. The highest BCUT2D eigenvalue weighted by Crippen LogP contribution is 2.42. The molecule has 13 heteroatoms. The summed E-state index contributed by atoms with van der Waals surface area (Å²) in [7, 11) is 1.49. The van der Waals surface area contributed by atoms with Crippen LogP contribution >= 0.6 is 23.2 Å². The molecular weight excluding hydrogens is 645 g/mol. The smallest absolute Gasteiger partial charge is 0.404 e. The molecule has 0 saturated carbocycles. The van der Waals surface area contributed by atoms with Crippen LogP contribution in [0.4, 0.5) is 4.79 Å². The van der Waals surface area contributed by atoms with Gasteiger partial charge in [-0.2, -0.15) is 0 Å². The standard InChI is InChI=1S/C34H27Cl2N5O6/c1-46-32-19(14-27(47-34(37)45)26-10-11-29(43)39-26)8-9-25(40-32)24-7-3-6-23(31(24)36)22-5-2-4-21(30(22)35)18-12-13-41-28(15-18)38-16-20(17-42)33(41)44/h2-9,12-13,15-17,26-27H,10-11,14H2,1H3,(H2,37,45)(H,39,43). The molecule has 0 bridgehead atoms. The minimum absolute atomic E-state index is 0.0353. The first-order valence-electron chi connectivity index (χ1n) is 14.5. The summed E-state index contributed by atoms with van der Waals surface area (Å²) >= 11 is 14.0. The van der Waals surface area contributed by atoms with Crippen LogP contribution in [0.15, 0.2) is 77.9 Å². The van der Waals surface area contributed by atoms with E-state index in [1.54, 1.807) is 24.4 Å². The molecule has 2 unspecified atom stereocenters. The highest BCUT2D eigenvalue weighted by Gasteiger charge is 2.32. The topological polar surface area (TPSA) is 155 Å². The Labute approximate surface area is 278 Å². The van der Waals surface area contributed by atoms with Crippen molar-refractivity contribution in [3.8, 4) is 39.4 Å². The van der Waals surface area contributed by atoms with Crippen molar-refractivity contribution in [3.05, 3.63) is 105 Å². The molecule has 2 aromatic carbocycles. The number of hydrogen-bond donors (Lipinski definition) is 2. The van der Waals surface area contributed by atoms with Crippen LogP contribution in [0.5, 0.6) is 5.88 Å². The lowest BCUT2D eigenvalue weighted by atomic mass is 9.96. The van der Waals surface area contributed by atoms with Crippen molar-refractivity contribution in [3.63, 3.8) is 0 Å². The Morgan fingerprint density at radius 1 is 1.06 bits per heavy atom. The number of nitrogens with two attached hydrogens (primary N) is 1. The molecule has 6 rings (SSSR count). The van der Waals surface area contributed by atoms with Gasteiger partial charge in [-0.25, -0.2) is 14.8 Å². The lowest BCUT2D eigenvalue weighted by Crippen LogP contribution is -2.42. The first kappa shape index (κ1) is 31.7. The number of aldehydes is 1. The molecule has 2 amide bonds. The predicted octanol–water partition coefficient (Wildman–Crippen LogP) is 5.50. The summed E-state index contributed by atoms with van der Waals surface area (Å²) in [5.74, 6) is 0.185. The van der Waals surface area contributed by atoms with Crippen molar-refractivity contribution in [1.29, 1.82) is 0 Å². The Morgan fingerprint density at radius 3 is 2.43 bits per heavy atom. The monoisotopic (exact) mass is 671 g/mol. The number of nitrogens with zero attached hydrogens (tertiary/aromatic N) is 3. The van der Waals surface area contributed by atoms with Gasteiger partial charge in [0.05, 0.1) is 34.5 Å². The van der Waals surface area contributed by atoms with Crippen molar-refractivity contribution < 1.29 is 23.9 Å². The molecule has 0 radical (unpaired) electrons. The highest BCUT2D eigenvalue weighted by molar-refractivity contribution is 6.39. The molecule has 11 nitrogen and oxygen atoms in total. The van der Waals surface area contributed by atoms with Crippen LogP contribution in [-0.2, 0) is 16.0 Å². The number of halogens is 2. The summed E-state index contributed by atoms with van der Waals surface area (Å²) in [6, 6.07) is 17.8. The fourth-order valence-electron chi connectivity index (χ4n) is 5.74. The SMILES string of the molecule is COc1nc(-c2cccc(-c3cccc(-c4ccn5c(=O)c(C=O)cnc5c4)c3Cl)c2Cl)ccc1CC(OC(N)=O)C1CCC(=O)N1. The van der Waals surface area contributed by atoms with Gasteiger partial charge in [0.2, 0.25) is 11.8 Å². The van der Waals surface area contributed by atoms with Crippen LogP contribution in [0.2, 0.25) is 10.0 Å². The van der Waals surface area contributed by atoms with Gasteiger partial charge < -0.3 is 20.5 Å². The van der Waals surface area contributed by atoms with E-state index in [1.165, 1.54) is 17.7 Å². The quantitative estimate of drug-likeness (QED) is 0.195. The number of carbonyl (C=O) groups excluding carboxylic acids is 3. The number of nitrogens with one attached hydrogen (secondary N) is 1. The first-order chi connectivity index (χ1) is 22.7. The molecule has 47 heavy (non-hydrogen) atoms. The van der Waals surface area contributed by atoms with E-state index >= 15 is 0 Å². The summed E-state index contributed by atoms with van der Waals surface area (Å²) < 4.78 is 12.3. The van der Waals surface area contributed by atoms with Gasteiger partial charge in [-0.3, -0.25) is 18.8 Å². The van der Waals surface area contributed by atoms with Crippen molar-refractivity contribution >= 4 is 47.1 Å². The molecule has 3 N–H and O–H groups in total. The maximum absolute atomic E-state index is 12.5. The molecule has 1 fully saturated rings. The maximum Gasteiger partial charge on any atom is 0.404 e. The van der Waals surface area contributed by atoms with E-state index in [9.17, 15) is 19.2 Å². The van der Waals surface area contributed by atoms with Crippen LogP contribution in [0.1, 0.15) is 28.8 Å². The molecule has 3 aromatic heterocycles. The number of hydrogen-bond acceptors (Lipinski definition) is 8. The van der Waals surface area contributed by atoms with Gasteiger partial charge in [0, 0.05) is 53.1 Å². The van der Waals surface area contributed by atoms with Crippen molar-refractivity contribution in [2.24, 2.45) is 5.73 Å². The van der Waals surface area contributed by atoms with Gasteiger partial charge in [-0.1, -0.05) is 65.7 Å². The number of pyridine rings is 2. The number of ether oxygens (including phenoxy) is 2. The fourth-order valence-corrected chi connectivity index (χ4v) is 6.40. The summed E-state index contributed by atoms with van der Waals surface area (Å²) in [5, 5.41) is 3.67. The second-order valence-electron chi connectivity index (χ2n) is 10.9. The molecule has 1 saturated heterocycles. The minimum atomic E-state index is -0.938. The zero-order chi connectivity index (χ0) is 33.2. The second-order valence-corrected chi connectivity index (χ2v) is 11.6. The Morgan fingerprint density at radius 2 is 1.77 bits per heavy atom. The molecular formula is C34H27Cl2N5O6. The number of rotatable bonds is 9. The Kier molecular flexibility index (Phi) is 8.93. The lowest BCUT2D eigenvalue weighted by molar-refractivity contribution is -0.119. The van der Waals surface area contributed by atoms with E-state index in [2.05, 4.69) is 10.3 Å². The molecule has 1 aliphatic rings. The summed E-state index contributed by atoms with van der Waals surface area (Å²) in [5.41, 5.74) is 9.75. The van der Waals surface area contributed by atoms with Gasteiger partial charge in [-0.15, -0.1) is 0 Å². The normalized spacial score (nSPS) is 14.9. The van der Waals surface area contributed by atoms with Gasteiger partial charge in [0.1, 0.15) is 11.8 Å². The number of amides is 2. The van der Waals surface area contributed by atoms with Crippen molar-refractivity contribution in [1.82, 2.24) is 19.7 Å². The minimum Gasteiger partial charge on any atom is -0.481 e. The summed E-state index contributed by atoms with van der Waals surface area (Å²) in [6.45, 7) is 0. The maximum atomic E-state index is 12.5. The average molecular weight is 673 g/mol. The number of methoxy groups -OCH3 is 1. The molecule has 5 aromatic rings. The van der Waals surface area contributed by atoms with Gasteiger partial charge in [0.15, 0.2) is 6.29 Å². The van der Waals surface area contributed by atoms with Crippen LogP contribution < -0.4 is 21.3 Å². The Balaban J connectivity index is 1.34. The number of aromatic nitrogens is 3. The second kappa shape index (κ2) is 13.2. The molecule has 0 spiro atoms. The third kappa shape index (κ3) is 6.27. The molecule has 4 heterocycles. The Hall–Kier alpha value is -5.26. The average Bonchev–Trinajstić information content (AvgIpc) is 3.51. The molecule has 2 atom stereocenters. The predicted molar refractivity (Wildman–Crippen MR) is 177 cm³/mol. The zero-order valence-corrected chi connectivity index (χ0v) is 26.4.